The summed E-state index contributed by atoms with van der Waals surface area (Å²) in [5.74, 6) is -0.719. The molecule has 2 aromatic carbocycles. The second kappa shape index (κ2) is 5.88. The number of benzene rings is 2. The molecule has 2 aromatic rings. The van der Waals surface area contributed by atoms with Crippen LogP contribution in [0.25, 0.3) is 0 Å². The van der Waals surface area contributed by atoms with Crippen LogP contribution in [0.5, 0.6) is 11.5 Å². The van der Waals surface area contributed by atoms with Gasteiger partial charge < -0.3 is 14.6 Å². The highest BCUT2D eigenvalue weighted by Crippen LogP contribution is 2.26. The summed E-state index contributed by atoms with van der Waals surface area (Å²) in [6.45, 7) is 0. The smallest absolute Gasteiger partial charge is 0.341 e. The van der Waals surface area contributed by atoms with Gasteiger partial charge in [-0.1, -0.05) is 12.1 Å². The van der Waals surface area contributed by atoms with Crippen LogP contribution in [0.3, 0.4) is 0 Å². The standard InChI is InChI=1S/C15H12O5/c1-19-15(18)12-4-2-3-5-13(12)20-11-8-6-10(7-9-11)14(16)17/h2-9H,1H3,(H,16,17). The minimum Gasteiger partial charge on any atom is -0.478 e. The third kappa shape index (κ3) is 2.95. The molecule has 1 N–H and O–H groups in total. The third-order valence-corrected chi connectivity index (χ3v) is 2.62. The van der Waals surface area contributed by atoms with Crippen LogP contribution in [0.15, 0.2) is 48.5 Å². The summed E-state index contributed by atoms with van der Waals surface area (Å²) >= 11 is 0. The van der Waals surface area contributed by atoms with Gasteiger partial charge in [0.05, 0.1) is 12.7 Å². The molecule has 2 rings (SSSR count). The molecule has 0 spiro atoms. The monoisotopic (exact) mass is 272 g/mol. The Morgan fingerprint density at radius 2 is 1.65 bits per heavy atom. The molecule has 5 nitrogen and oxygen atoms in total. The van der Waals surface area contributed by atoms with Crippen molar-refractivity contribution < 1.29 is 24.2 Å². The Kier molecular flexibility index (Phi) is 4.00. The average molecular weight is 272 g/mol. The summed E-state index contributed by atoms with van der Waals surface area (Å²) in [7, 11) is 1.29. The summed E-state index contributed by atoms with van der Waals surface area (Å²) in [5.41, 5.74) is 0.468. The van der Waals surface area contributed by atoms with Gasteiger partial charge >= 0.3 is 11.9 Å². The van der Waals surface area contributed by atoms with Crippen molar-refractivity contribution in [1.29, 1.82) is 0 Å². The lowest BCUT2D eigenvalue weighted by atomic mass is 10.2. The van der Waals surface area contributed by atoms with Crippen LogP contribution in [0, 0.1) is 0 Å². The van der Waals surface area contributed by atoms with Gasteiger partial charge in [0.25, 0.3) is 0 Å². The number of rotatable bonds is 4. The first kappa shape index (κ1) is 13.6. The number of aromatic carboxylic acids is 1. The Morgan fingerprint density at radius 1 is 1.00 bits per heavy atom. The van der Waals surface area contributed by atoms with Crippen molar-refractivity contribution in [1.82, 2.24) is 0 Å². The van der Waals surface area contributed by atoms with E-state index in [4.69, 9.17) is 9.84 Å². The number of para-hydroxylation sites is 1. The van der Waals surface area contributed by atoms with E-state index in [-0.39, 0.29) is 5.56 Å². The van der Waals surface area contributed by atoms with Crippen molar-refractivity contribution in [2.24, 2.45) is 0 Å². The maximum atomic E-state index is 11.6. The summed E-state index contributed by atoms with van der Waals surface area (Å²) in [6, 6.07) is 12.6. The van der Waals surface area contributed by atoms with Crippen molar-refractivity contribution in [2.75, 3.05) is 7.11 Å². The van der Waals surface area contributed by atoms with E-state index in [0.29, 0.717) is 17.1 Å². The van der Waals surface area contributed by atoms with Gasteiger partial charge in [0.15, 0.2) is 0 Å². The molecule has 0 bridgehead atoms. The number of carbonyl (C=O) groups excluding carboxylic acids is 1. The Hall–Kier alpha value is -2.82. The quantitative estimate of drug-likeness (QED) is 0.866. The van der Waals surface area contributed by atoms with Crippen LogP contribution in [0.1, 0.15) is 20.7 Å². The van der Waals surface area contributed by atoms with E-state index in [2.05, 4.69) is 4.74 Å². The lowest BCUT2D eigenvalue weighted by molar-refractivity contribution is 0.0597. The predicted octanol–water partition coefficient (Wildman–Crippen LogP) is 2.96. The fourth-order valence-electron chi connectivity index (χ4n) is 1.63. The highest BCUT2D eigenvalue weighted by Gasteiger charge is 2.13. The van der Waals surface area contributed by atoms with Gasteiger partial charge in [0.2, 0.25) is 0 Å². The summed E-state index contributed by atoms with van der Waals surface area (Å²) in [6.07, 6.45) is 0. The molecule has 5 heteroatoms. The summed E-state index contributed by atoms with van der Waals surface area (Å²) < 4.78 is 10.2. The molecule has 0 unspecified atom stereocenters. The average Bonchev–Trinajstić information content (AvgIpc) is 2.47. The van der Waals surface area contributed by atoms with E-state index in [1.54, 1.807) is 24.3 Å². The summed E-state index contributed by atoms with van der Waals surface area (Å²) in [4.78, 5) is 22.3. The van der Waals surface area contributed by atoms with E-state index >= 15 is 0 Å². The van der Waals surface area contributed by atoms with Crippen LogP contribution in [-0.4, -0.2) is 24.2 Å². The highest BCUT2D eigenvalue weighted by molar-refractivity contribution is 5.92. The fourth-order valence-corrected chi connectivity index (χ4v) is 1.63. The minimum atomic E-state index is -1.01. The van der Waals surface area contributed by atoms with Gasteiger partial charge in [-0.15, -0.1) is 0 Å². The largest absolute Gasteiger partial charge is 0.478 e. The summed E-state index contributed by atoms with van der Waals surface area (Å²) in [5, 5.41) is 8.81. The van der Waals surface area contributed by atoms with Crippen LogP contribution in [0.4, 0.5) is 0 Å². The number of methoxy groups -OCH3 is 1. The second-order valence-electron chi connectivity index (χ2n) is 3.92. The zero-order valence-electron chi connectivity index (χ0n) is 10.7. The van der Waals surface area contributed by atoms with Gasteiger partial charge in [0, 0.05) is 0 Å². The maximum Gasteiger partial charge on any atom is 0.341 e. The molecule has 0 fully saturated rings. The molecule has 0 amide bonds. The zero-order valence-corrected chi connectivity index (χ0v) is 10.7. The molecule has 0 heterocycles. The van der Waals surface area contributed by atoms with Gasteiger partial charge in [-0.25, -0.2) is 9.59 Å². The van der Waals surface area contributed by atoms with Crippen LogP contribution < -0.4 is 4.74 Å². The van der Waals surface area contributed by atoms with Crippen molar-refractivity contribution in [3.8, 4) is 11.5 Å². The molecular weight excluding hydrogens is 260 g/mol. The molecule has 0 aromatic heterocycles. The molecule has 102 valence electrons. The van der Waals surface area contributed by atoms with Gasteiger partial charge in [-0.3, -0.25) is 0 Å². The number of hydrogen-bond donors (Lipinski definition) is 1. The van der Waals surface area contributed by atoms with E-state index in [0.717, 1.165) is 0 Å². The van der Waals surface area contributed by atoms with Crippen LogP contribution in [0.2, 0.25) is 0 Å². The Labute approximate surface area is 115 Å². The molecular formula is C15H12O5. The lowest BCUT2D eigenvalue weighted by Gasteiger charge is -2.09. The topological polar surface area (TPSA) is 72.8 Å². The van der Waals surface area contributed by atoms with Crippen molar-refractivity contribution >= 4 is 11.9 Å². The van der Waals surface area contributed by atoms with E-state index in [1.807, 2.05) is 0 Å². The predicted molar refractivity (Wildman–Crippen MR) is 71.3 cm³/mol. The number of carbonyl (C=O) groups is 2. The Morgan fingerprint density at radius 3 is 2.25 bits per heavy atom. The van der Waals surface area contributed by atoms with Gasteiger partial charge in [-0.2, -0.15) is 0 Å². The first-order valence-electron chi connectivity index (χ1n) is 5.80. The minimum absolute atomic E-state index is 0.165. The molecule has 0 radical (unpaired) electrons. The van der Waals surface area contributed by atoms with Crippen LogP contribution >= 0.6 is 0 Å². The lowest BCUT2D eigenvalue weighted by Crippen LogP contribution is -2.03. The number of carboxylic acids is 1. The Bertz CT molecular complexity index is 631. The molecule has 0 aliphatic rings. The van der Waals surface area contributed by atoms with E-state index in [9.17, 15) is 9.59 Å². The van der Waals surface area contributed by atoms with E-state index in [1.165, 1.54) is 31.4 Å². The Balaban J connectivity index is 2.26. The van der Waals surface area contributed by atoms with Crippen molar-refractivity contribution in [2.45, 2.75) is 0 Å². The third-order valence-electron chi connectivity index (χ3n) is 2.62. The van der Waals surface area contributed by atoms with Gasteiger partial charge in [0.1, 0.15) is 17.1 Å². The molecule has 0 aliphatic carbocycles. The number of ether oxygens (including phenoxy) is 2. The van der Waals surface area contributed by atoms with Crippen molar-refractivity contribution in [3.63, 3.8) is 0 Å². The zero-order chi connectivity index (χ0) is 14.5. The normalized spacial score (nSPS) is 9.85. The molecule has 0 saturated heterocycles. The first-order valence-corrected chi connectivity index (χ1v) is 5.80. The number of carboxylic acid groups (broad SMARTS) is 1. The molecule has 0 saturated carbocycles. The number of hydrogen-bond acceptors (Lipinski definition) is 4. The highest BCUT2D eigenvalue weighted by atomic mass is 16.5. The SMILES string of the molecule is COC(=O)c1ccccc1Oc1ccc(C(=O)O)cc1. The maximum absolute atomic E-state index is 11.6. The van der Waals surface area contributed by atoms with Crippen LogP contribution in [-0.2, 0) is 4.74 Å². The second-order valence-corrected chi connectivity index (χ2v) is 3.92. The van der Waals surface area contributed by atoms with Gasteiger partial charge in [-0.05, 0) is 36.4 Å². The molecule has 20 heavy (non-hydrogen) atoms. The fraction of sp³-hybridized carbons (Fsp3) is 0.0667. The molecule has 0 aliphatic heterocycles. The van der Waals surface area contributed by atoms with E-state index < -0.39 is 11.9 Å². The van der Waals surface area contributed by atoms with Crippen molar-refractivity contribution in [3.05, 3.63) is 59.7 Å². The number of esters is 1. The molecule has 0 atom stereocenters. The first-order chi connectivity index (χ1) is 9.61.